The molecule has 0 bridgehead atoms. The first-order chi connectivity index (χ1) is 17.7. The van der Waals surface area contributed by atoms with Crippen molar-refractivity contribution in [2.45, 2.75) is 40.2 Å². The van der Waals surface area contributed by atoms with Gasteiger partial charge in [0.2, 0.25) is 5.91 Å². The molecule has 1 atom stereocenters. The van der Waals surface area contributed by atoms with E-state index < -0.39 is 12.0 Å². The van der Waals surface area contributed by atoms with E-state index in [9.17, 15) is 14.4 Å². The van der Waals surface area contributed by atoms with Crippen molar-refractivity contribution >= 4 is 17.9 Å². The Hall–Kier alpha value is -3.27. The van der Waals surface area contributed by atoms with Gasteiger partial charge < -0.3 is 24.4 Å². The van der Waals surface area contributed by atoms with Crippen LogP contribution in [0, 0.1) is 5.92 Å². The van der Waals surface area contributed by atoms with Crippen LogP contribution >= 0.6 is 0 Å². The Kier molecular flexibility index (Phi) is 9.79. The van der Waals surface area contributed by atoms with Crippen LogP contribution < -0.4 is 14.8 Å². The number of rotatable bonds is 9. The van der Waals surface area contributed by atoms with Crippen LogP contribution in [0.15, 0.2) is 29.5 Å². The number of amides is 3. The number of nitrogens with one attached hydrogen (secondary N) is 1. The molecule has 0 radical (unpaired) electrons. The quantitative estimate of drug-likeness (QED) is 0.504. The standard InChI is InChI=1S/C27H40N4O6/c1-7-31-21(17-29-12-9-13-30(15-14-29)25(32)18(3)4)23(26(33)37-8-2)24(28-27(31)34)20-16-19(35-5)10-11-22(20)36-6/h10-11,16,18,24H,7-9,12-15,17H2,1-6H3,(H,28,34)/t24-/m0/s1. The van der Waals surface area contributed by atoms with Crippen molar-refractivity contribution in [3.63, 3.8) is 0 Å². The van der Waals surface area contributed by atoms with Gasteiger partial charge in [0.25, 0.3) is 0 Å². The molecule has 1 fully saturated rings. The lowest BCUT2D eigenvalue weighted by Gasteiger charge is -2.38. The Bertz CT molecular complexity index is 1020. The molecule has 0 aliphatic carbocycles. The van der Waals surface area contributed by atoms with E-state index in [0.29, 0.717) is 61.1 Å². The summed E-state index contributed by atoms with van der Waals surface area (Å²) in [5.74, 6) is 0.703. The fourth-order valence-corrected chi connectivity index (χ4v) is 4.88. The molecule has 10 heteroatoms. The van der Waals surface area contributed by atoms with Crippen LogP contribution in [0.3, 0.4) is 0 Å². The Morgan fingerprint density at radius 1 is 1.08 bits per heavy atom. The number of carbonyl (C=O) groups excluding carboxylic acids is 3. The monoisotopic (exact) mass is 516 g/mol. The lowest BCUT2D eigenvalue weighted by Crippen LogP contribution is -2.51. The van der Waals surface area contributed by atoms with E-state index in [4.69, 9.17) is 14.2 Å². The van der Waals surface area contributed by atoms with E-state index in [-0.39, 0.29) is 24.5 Å². The van der Waals surface area contributed by atoms with E-state index in [0.717, 1.165) is 13.0 Å². The lowest BCUT2D eigenvalue weighted by atomic mass is 9.93. The van der Waals surface area contributed by atoms with Gasteiger partial charge in [0, 0.05) is 56.4 Å². The number of urea groups is 1. The number of carbonyl (C=O) groups is 3. The summed E-state index contributed by atoms with van der Waals surface area (Å²) in [6.45, 7) is 11.1. The third kappa shape index (κ3) is 6.36. The molecule has 10 nitrogen and oxygen atoms in total. The zero-order valence-electron chi connectivity index (χ0n) is 22.8. The molecule has 0 unspecified atom stereocenters. The summed E-state index contributed by atoms with van der Waals surface area (Å²) in [6, 6.07) is 4.21. The molecular weight excluding hydrogens is 476 g/mol. The molecule has 3 rings (SSSR count). The van der Waals surface area contributed by atoms with Crippen LogP contribution in [-0.4, -0.2) is 92.7 Å². The minimum absolute atomic E-state index is 0.0547. The summed E-state index contributed by atoms with van der Waals surface area (Å²) < 4.78 is 16.5. The third-order valence-corrected chi connectivity index (χ3v) is 6.77. The van der Waals surface area contributed by atoms with Gasteiger partial charge in [0.1, 0.15) is 11.5 Å². The van der Waals surface area contributed by atoms with E-state index in [1.165, 1.54) is 0 Å². The normalized spacial score (nSPS) is 19.0. The third-order valence-electron chi connectivity index (χ3n) is 6.77. The fraction of sp³-hybridized carbons (Fsp3) is 0.593. The van der Waals surface area contributed by atoms with Gasteiger partial charge in [-0.25, -0.2) is 9.59 Å². The molecule has 2 heterocycles. The highest BCUT2D eigenvalue weighted by Gasteiger charge is 2.39. The predicted molar refractivity (Wildman–Crippen MR) is 139 cm³/mol. The topological polar surface area (TPSA) is 101 Å². The smallest absolute Gasteiger partial charge is 0.338 e. The molecule has 1 N–H and O–H groups in total. The van der Waals surface area contributed by atoms with Gasteiger partial charge in [-0.1, -0.05) is 13.8 Å². The van der Waals surface area contributed by atoms with Crippen LogP contribution in [0.25, 0.3) is 0 Å². The average Bonchev–Trinajstić information content (AvgIpc) is 3.13. The van der Waals surface area contributed by atoms with Gasteiger partial charge in [0.05, 0.1) is 32.4 Å². The first kappa shape index (κ1) is 28.3. The van der Waals surface area contributed by atoms with Crippen LogP contribution in [-0.2, 0) is 14.3 Å². The molecule has 204 valence electrons. The van der Waals surface area contributed by atoms with Crippen LogP contribution in [0.5, 0.6) is 11.5 Å². The number of nitrogens with zero attached hydrogens (tertiary/aromatic N) is 3. The Morgan fingerprint density at radius 3 is 2.46 bits per heavy atom. The SMILES string of the molecule is CCOC(=O)C1=C(CN2CCCN(C(=O)C(C)C)CC2)N(CC)C(=O)N[C@H]1c1cc(OC)ccc1OC. The van der Waals surface area contributed by atoms with Crippen molar-refractivity contribution in [1.29, 1.82) is 0 Å². The molecule has 37 heavy (non-hydrogen) atoms. The molecule has 3 amide bonds. The Morgan fingerprint density at radius 2 is 1.84 bits per heavy atom. The molecule has 1 aromatic rings. The first-order valence-corrected chi connectivity index (χ1v) is 13.0. The molecule has 0 saturated carbocycles. The fourth-order valence-electron chi connectivity index (χ4n) is 4.88. The Balaban J connectivity index is 2.05. The van der Waals surface area contributed by atoms with Crippen molar-refractivity contribution in [3.8, 4) is 11.5 Å². The van der Waals surface area contributed by atoms with E-state index >= 15 is 0 Å². The number of hydrogen-bond donors (Lipinski definition) is 1. The number of benzene rings is 1. The first-order valence-electron chi connectivity index (χ1n) is 13.0. The van der Waals surface area contributed by atoms with E-state index in [2.05, 4.69) is 10.2 Å². The Labute approximate surface area is 219 Å². The second-order valence-corrected chi connectivity index (χ2v) is 9.43. The summed E-state index contributed by atoms with van der Waals surface area (Å²) in [5, 5.41) is 2.98. The summed E-state index contributed by atoms with van der Waals surface area (Å²) >= 11 is 0. The van der Waals surface area contributed by atoms with Crippen LogP contribution in [0.1, 0.15) is 45.7 Å². The molecule has 2 aliphatic rings. The lowest BCUT2D eigenvalue weighted by molar-refractivity contribution is -0.139. The van der Waals surface area contributed by atoms with Gasteiger partial charge in [0.15, 0.2) is 0 Å². The van der Waals surface area contributed by atoms with Gasteiger partial charge in [-0.15, -0.1) is 0 Å². The molecule has 1 aromatic carbocycles. The number of methoxy groups -OCH3 is 2. The van der Waals surface area contributed by atoms with Gasteiger partial charge in [-0.05, 0) is 38.5 Å². The highest BCUT2D eigenvalue weighted by Crippen LogP contribution is 2.38. The minimum atomic E-state index is -0.777. The van der Waals surface area contributed by atoms with Crippen molar-refractivity contribution in [3.05, 3.63) is 35.0 Å². The maximum atomic E-state index is 13.4. The summed E-state index contributed by atoms with van der Waals surface area (Å²) in [7, 11) is 3.11. The minimum Gasteiger partial charge on any atom is -0.497 e. The average molecular weight is 517 g/mol. The molecule has 1 saturated heterocycles. The van der Waals surface area contributed by atoms with Gasteiger partial charge in [-0.3, -0.25) is 14.6 Å². The van der Waals surface area contributed by atoms with E-state index in [1.54, 1.807) is 44.2 Å². The number of likely N-dealkylation sites (N-methyl/N-ethyl adjacent to an activating group) is 1. The number of hydrogen-bond acceptors (Lipinski definition) is 7. The zero-order valence-corrected chi connectivity index (χ0v) is 22.8. The molecule has 0 aromatic heterocycles. The number of ether oxygens (including phenoxy) is 3. The molecule has 0 spiro atoms. The summed E-state index contributed by atoms with van der Waals surface area (Å²) in [4.78, 5) is 45.0. The van der Waals surface area contributed by atoms with E-state index in [1.807, 2.05) is 25.7 Å². The van der Waals surface area contributed by atoms with Crippen LogP contribution in [0.2, 0.25) is 0 Å². The number of esters is 1. The van der Waals surface area contributed by atoms with Gasteiger partial charge >= 0.3 is 12.0 Å². The summed E-state index contributed by atoms with van der Waals surface area (Å²) in [5.41, 5.74) is 1.58. The van der Waals surface area contributed by atoms with Crippen molar-refractivity contribution in [1.82, 2.24) is 20.0 Å². The van der Waals surface area contributed by atoms with Crippen LogP contribution in [0.4, 0.5) is 4.79 Å². The highest BCUT2D eigenvalue weighted by molar-refractivity contribution is 5.95. The van der Waals surface area contributed by atoms with Gasteiger partial charge in [-0.2, -0.15) is 0 Å². The highest BCUT2D eigenvalue weighted by atomic mass is 16.5. The van der Waals surface area contributed by atoms with Crippen molar-refractivity contribution in [2.24, 2.45) is 5.92 Å². The van der Waals surface area contributed by atoms with Crippen molar-refractivity contribution < 1.29 is 28.6 Å². The zero-order chi connectivity index (χ0) is 27.1. The molecule has 2 aliphatic heterocycles. The second kappa shape index (κ2) is 12.8. The van der Waals surface area contributed by atoms with Crippen molar-refractivity contribution in [2.75, 3.05) is 60.1 Å². The maximum absolute atomic E-state index is 13.4. The predicted octanol–water partition coefficient (Wildman–Crippen LogP) is 2.80. The second-order valence-electron chi connectivity index (χ2n) is 9.43. The maximum Gasteiger partial charge on any atom is 0.338 e. The molecular formula is C27H40N4O6. The summed E-state index contributed by atoms with van der Waals surface area (Å²) in [6.07, 6.45) is 0.811. The largest absolute Gasteiger partial charge is 0.497 e.